The number of nitrogens with one attached hydrogen (secondary N) is 1. The molecular weight excluding hydrogens is 304 g/mol. The number of benzene rings is 2. The molecule has 0 aliphatic carbocycles. The first kappa shape index (κ1) is 16.9. The molecule has 2 aromatic rings. The Kier molecular flexibility index (Phi) is 5.65. The highest BCUT2D eigenvalue weighted by Gasteiger charge is 2.09. The van der Waals surface area contributed by atoms with Gasteiger partial charge in [0.2, 0.25) is 0 Å². The van der Waals surface area contributed by atoms with Gasteiger partial charge in [0.15, 0.2) is 6.61 Å². The average molecular weight is 321 g/mol. The van der Waals surface area contributed by atoms with Crippen molar-refractivity contribution in [3.8, 4) is 5.75 Å². The number of aliphatic hydroxyl groups excluding tert-OH is 1. The highest BCUT2D eigenvalue weighted by molar-refractivity contribution is 5.91. The molecule has 122 valence electrons. The number of carbonyl (C=O) groups is 1. The Hall–Kier alpha value is -2.47. The summed E-state index contributed by atoms with van der Waals surface area (Å²) in [5.41, 5.74) is 0.652. The highest BCUT2D eigenvalue weighted by atomic mass is 19.1. The van der Waals surface area contributed by atoms with Gasteiger partial charge in [0.25, 0.3) is 5.91 Å². The fraction of sp³-hybridized carbons (Fsp3) is 0.235. The lowest BCUT2D eigenvalue weighted by molar-refractivity contribution is -0.118. The molecule has 1 amide bonds. The molecule has 0 bridgehead atoms. The van der Waals surface area contributed by atoms with Gasteiger partial charge in [-0.25, -0.2) is 8.78 Å². The standard InChI is InChI=1S/C17H17F2NO3/c1-2-16(21)11-3-6-13(7-4-11)23-10-17(22)20-15-8-5-12(18)9-14(15)19/h3-9,16,21H,2,10H2,1H3,(H,20,22). The number of ether oxygens (including phenoxy) is 1. The first-order valence-corrected chi connectivity index (χ1v) is 7.15. The molecule has 0 aliphatic rings. The van der Waals surface area contributed by atoms with Crippen molar-refractivity contribution in [2.24, 2.45) is 0 Å². The van der Waals surface area contributed by atoms with Crippen LogP contribution in [0.3, 0.4) is 0 Å². The predicted molar refractivity (Wildman–Crippen MR) is 82.2 cm³/mol. The summed E-state index contributed by atoms with van der Waals surface area (Å²) in [6.45, 7) is 1.56. The van der Waals surface area contributed by atoms with Gasteiger partial charge in [-0.15, -0.1) is 0 Å². The van der Waals surface area contributed by atoms with Crippen molar-refractivity contribution in [1.29, 1.82) is 0 Å². The molecule has 2 N–H and O–H groups in total. The zero-order chi connectivity index (χ0) is 16.8. The van der Waals surface area contributed by atoms with Crippen molar-refractivity contribution in [2.45, 2.75) is 19.4 Å². The molecule has 6 heteroatoms. The van der Waals surface area contributed by atoms with E-state index >= 15 is 0 Å². The normalized spacial score (nSPS) is 11.8. The third-order valence-corrected chi connectivity index (χ3v) is 3.23. The Morgan fingerprint density at radius 2 is 1.91 bits per heavy atom. The molecule has 1 atom stereocenters. The monoisotopic (exact) mass is 321 g/mol. The number of hydrogen-bond donors (Lipinski definition) is 2. The summed E-state index contributed by atoms with van der Waals surface area (Å²) in [4.78, 5) is 11.7. The Balaban J connectivity index is 1.89. The van der Waals surface area contributed by atoms with Gasteiger partial charge in [-0.1, -0.05) is 19.1 Å². The molecule has 0 saturated heterocycles. The number of aliphatic hydroxyl groups is 1. The number of anilines is 1. The third kappa shape index (κ3) is 4.75. The maximum absolute atomic E-state index is 13.4. The Labute approximate surface area is 132 Å². The van der Waals surface area contributed by atoms with Gasteiger partial charge in [-0.2, -0.15) is 0 Å². The smallest absolute Gasteiger partial charge is 0.262 e. The van der Waals surface area contributed by atoms with Gasteiger partial charge >= 0.3 is 0 Å². The van der Waals surface area contributed by atoms with E-state index in [0.29, 0.717) is 18.2 Å². The fourth-order valence-corrected chi connectivity index (χ4v) is 1.95. The molecule has 0 heterocycles. The molecule has 1 unspecified atom stereocenters. The molecule has 0 radical (unpaired) electrons. The van der Waals surface area contributed by atoms with Crippen LogP contribution < -0.4 is 10.1 Å². The van der Waals surface area contributed by atoms with Crippen LogP contribution >= 0.6 is 0 Å². The molecule has 0 fully saturated rings. The van der Waals surface area contributed by atoms with Gasteiger partial charge in [0.05, 0.1) is 11.8 Å². The molecule has 2 rings (SSSR count). The number of halogens is 2. The van der Waals surface area contributed by atoms with Crippen molar-refractivity contribution < 1.29 is 23.4 Å². The molecule has 0 aliphatic heterocycles. The van der Waals surface area contributed by atoms with E-state index < -0.39 is 23.6 Å². The third-order valence-electron chi connectivity index (χ3n) is 3.23. The van der Waals surface area contributed by atoms with E-state index in [1.54, 1.807) is 24.3 Å². The van der Waals surface area contributed by atoms with Gasteiger partial charge in [-0.3, -0.25) is 4.79 Å². The summed E-state index contributed by atoms with van der Waals surface area (Å²) in [6.07, 6.45) is 0.0695. The largest absolute Gasteiger partial charge is 0.484 e. The average Bonchev–Trinajstić information content (AvgIpc) is 2.55. The summed E-state index contributed by atoms with van der Waals surface area (Å²) < 4.78 is 31.5. The van der Waals surface area contributed by atoms with E-state index in [2.05, 4.69) is 5.32 Å². The van der Waals surface area contributed by atoms with Gasteiger partial charge in [0.1, 0.15) is 17.4 Å². The molecule has 4 nitrogen and oxygen atoms in total. The highest BCUT2D eigenvalue weighted by Crippen LogP contribution is 2.20. The quantitative estimate of drug-likeness (QED) is 0.857. The molecule has 0 spiro atoms. The molecule has 23 heavy (non-hydrogen) atoms. The molecular formula is C17H17F2NO3. The lowest BCUT2D eigenvalue weighted by Gasteiger charge is -2.10. The number of amides is 1. The second-order valence-electron chi connectivity index (χ2n) is 4.95. The van der Waals surface area contributed by atoms with E-state index in [1.165, 1.54) is 0 Å². The summed E-state index contributed by atoms with van der Waals surface area (Å²) in [5.74, 6) is -1.68. The van der Waals surface area contributed by atoms with E-state index in [1.807, 2.05) is 6.92 Å². The van der Waals surface area contributed by atoms with Crippen LogP contribution in [0.25, 0.3) is 0 Å². The van der Waals surface area contributed by atoms with E-state index in [-0.39, 0.29) is 12.3 Å². The van der Waals surface area contributed by atoms with Crippen molar-refractivity contribution in [2.75, 3.05) is 11.9 Å². The van der Waals surface area contributed by atoms with Crippen LogP contribution in [-0.2, 0) is 4.79 Å². The number of carbonyl (C=O) groups excluding carboxylic acids is 1. The number of hydrogen-bond acceptors (Lipinski definition) is 3. The van der Waals surface area contributed by atoms with Crippen LogP contribution in [0.15, 0.2) is 42.5 Å². The SMILES string of the molecule is CCC(O)c1ccc(OCC(=O)Nc2ccc(F)cc2F)cc1. The minimum Gasteiger partial charge on any atom is -0.484 e. The minimum atomic E-state index is -0.851. The van der Waals surface area contributed by atoms with Crippen molar-refractivity contribution in [3.63, 3.8) is 0 Å². The molecule has 2 aromatic carbocycles. The van der Waals surface area contributed by atoms with Crippen LogP contribution in [0.1, 0.15) is 25.0 Å². The van der Waals surface area contributed by atoms with Crippen LogP contribution in [-0.4, -0.2) is 17.6 Å². The lowest BCUT2D eigenvalue weighted by atomic mass is 10.1. The maximum Gasteiger partial charge on any atom is 0.262 e. The van der Waals surface area contributed by atoms with Crippen molar-refractivity contribution >= 4 is 11.6 Å². The maximum atomic E-state index is 13.4. The summed E-state index contributed by atoms with van der Waals surface area (Å²) in [7, 11) is 0. The second kappa shape index (κ2) is 7.69. The first-order chi connectivity index (χ1) is 11.0. The fourth-order valence-electron chi connectivity index (χ4n) is 1.95. The molecule has 0 aromatic heterocycles. The summed E-state index contributed by atoms with van der Waals surface area (Å²) in [5, 5.41) is 12.0. The molecule has 0 saturated carbocycles. The predicted octanol–water partition coefficient (Wildman–Crippen LogP) is 3.43. The van der Waals surface area contributed by atoms with Gasteiger partial charge in [-0.05, 0) is 36.2 Å². The van der Waals surface area contributed by atoms with Crippen LogP contribution in [0.4, 0.5) is 14.5 Å². The number of rotatable bonds is 6. The van der Waals surface area contributed by atoms with Crippen LogP contribution in [0.2, 0.25) is 0 Å². The van der Waals surface area contributed by atoms with Crippen molar-refractivity contribution in [1.82, 2.24) is 0 Å². The minimum absolute atomic E-state index is 0.110. The Bertz CT molecular complexity index is 674. The van der Waals surface area contributed by atoms with E-state index in [0.717, 1.165) is 17.7 Å². The Morgan fingerprint density at radius 3 is 2.52 bits per heavy atom. The van der Waals surface area contributed by atoms with Crippen LogP contribution in [0, 0.1) is 11.6 Å². The topological polar surface area (TPSA) is 58.6 Å². The zero-order valence-corrected chi connectivity index (χ0v) is 12.6. The Morgan fingerprint density at radius 1 is 1.22 bits per heavy atom. The summed E-state index contributed by atoms with van der Waals surface area (Å²) in [6, 6.07) is 9.58. The first-order valence-electron chi connectivity index (χ1n) is 7.15. The van der Waals surface area contributed by atoms with Crippen LogP contribution in [0.5, 0.6) is 5.75 Å². The zero-order valence-electron chi connectivity index (χ0n) is 12.6. The van der Waals surface area contributed by atoms with E-state index in [4.69, 9.17) is 4.74 Å². The van der Waals surface area contributed by atoms with Gasteiger partial charge < -0.3 is 15.2 Å². The van der Waals surface area contributed by atoms with Crippen molar-refractivity contribution in [3.05, 3.63) is 59.7 Å². The lowest BCUT2D eigenvalue weighted by Crippen LogP contribution is -2.20. The van der Waals surface area contributed by atoms with E-state index in [9.17, 15) is 18.7 Å². The van der Waals surface area contributed by atoms with Gasteiger partial charge in [0, 0.05) is 6.07 Å². The summed E-state index contributed by atoms with van der Waals surface area (Å²) >= 11 is 0. The second-order valence-corrected chi connectivity index (χ2v) is 4.95.